The molecule has 0 saturated heterocycles. The number of aliphatic hydroxyl groups is 1. The standard InChI is InChI=1S/C9H10N2O/c12-5-9-7-3-1-2-4-8(7)10-6-11-9/h1-4,6,9,12H,5H2,(H,10,11). The maximum Gasteiger partial charge on any atom is 0.102 e. The lowest BCUT2D eigenvalue weighted by molar-refractivity contribution is 0.269. The molecule has 62 valence electrons. The third-order valence-corrected chi connectivity index (χ3v) is 1.97. The van der Waals surface area contributed by atoms with Crippen LogP contribution in [-0.4, -0.2) is 18.1 Å². The minimum absolute atomic E-state index is 0.0647. The number of hydrogen-bond donors (Lipinski definition) is 2. The van der Waals surface area contributed by atoms with Gasteiger partial charge in [-0.2, -0.15) is 0 Å². The minimum atomic E-state index is -0.0950. The van der Waals surface area contributed by atoms with Gasteiger partial charge in [0, 0.05) is 11.3 Å². The first kappa shape index (κ1) is 7.31. The summed E-state index contributed by atoms with van der Waals surface area (Å²) < 4.78 is 0. The molecular weight excluding hydrogens is 152 g/mol. The molecule has 1 aromatic carbocycles. The molecule has 0 radical (unpaired) electrons. The SMILES string of the molecule is OCC1N=CNc2ccccc21. The summed E-state index contributed by atoms with van der Waals surface area (Å²) in [7, 11) is 0. The largest absolute Gasteiger partial charge is 0.394 e. The topological polar surface area (TPSA) is 44.6 Å². The van der Waals surface area contributed by atoms with E-state index in [1.165, 1.54) is 0 Å². The molecule has 1 heterocycles. The van der Waals surface area contributed by atoms with Crippen molar-refractivity contribution < 1.29 is 5.11 Å². The molecule has 0 fully saturated rings. The molecule has 12 heavy (non-hydrogen) atoms. The molecule has 0 bridgehead atoms. The Labute approximate surface area is 70.8 Å². The first-order chi connectivity index (χ1) is 5.92. The first-order valence-corrected chi connectivity index (χ1v) is 3.90. The van der Waals surface area contributed by atoms with Gasteiger partial charge in [0.15, 0.2) is 0 Å². The van der Waals surface area contributed by atoms with Crippen molar-refractivity contribution >= 4 is 12.0 Å². The molecule has 1 unspecified atom stereocenters. The van der Waals surface area contributed by atoms with Gasteiger partial charge in [0.1, 0.15) is 6.04 Å². The Bertz CT molecular complexity index is 309. The third kappa shape index (κ3) is 1.08. The van der Waals surface area contributed by atoms with E-state index in [-0.39, 0.29) is 12.6 Å². The quantitative estimate of drug-likeness (QED) is 0.651. The van der Waals surface area contributed by atoms with Gasteiger partial charge in [0.05, 0.1) is 12.9 Å². The van der Waals surface area contributed by atoms with Gasteiger partial charge in [0.25, 0.3) is 0 Å². The molecule has 2 rings (SSSR count). The molecule has 0 aromatic heterocycles. The Hall–Kier alpha value is -1.35. The number of para-hydroxylation sites is 1. The zero-order chi connectivity index (χ0) is 8.39. The molecular formula is C9H10N2O. The molecule has 1 aliphatic rings. The normalized spacial score (nSPS) is 19.9. The highest BCUT2D eigenvalue weighted by molar-refractivity contribution is 5.80. The number of nitrogens with zero attached hydrogens (tertiary/aromatic N) is 1. The van der Waals surface area contributed by atoms with Crippen molar-refractivity contribution in [3.05, 3.63) is 29.8 Å². The second-order valence-corrected chi connectivity index (χ2v) is 2.71. The predicted octanol–water partition coefficient (Wildman–Crippen LogP) is 1.17. The lowest BCUT2D eigenvalue weighted by atomic mass is 10.1. The highest BCUT2D eigenvalue weighted by atomic mass is 16.3. The highest BCUT2D eigenvalue weighted by Crippen LogP contribution is 2.27. The Kier molecular flexibility index (Phi) is 1.80. The summed E-state index contributed by atoms with van der Waals surface area (Å²) in [6, 6.07) is 7.76. The van der Waals surface area contributed by atoms with Crippen LogP contribution in [-0.2, 0) is 0 Å². The third-order valence-electron chi connectivity index (χ3n) is 1.97. The molecule has 3 nitrogen and oxygen atoms in total. The number of nitrogens with one attached hydrogen (secondary N) is 1. The van der Waals surface area contributed by atoms with E-state index < -0.39 is 0 Å². The van der Waals surface area contributed by atoms with Crippen molar-refractivity contribution in [2.45, 2.75) is 6.04 Å². The van der Waals surface area contributed by atoms with Crippen molar-refractivity contribution in [2.75, 3.05) is 11.9 Å². The first-order valence-electron chi connectivity index (χ1n) is 3.90. The lowest BCUT2D eigenvalue weighted by Crippen LogP contribution is -2.12. The van der Waals surface area contributed by atoms with E-state index in [1.807, 2.05) is 24.3 Å². The van der Waals surface area contributed by atoms with Crippen LogP contribution in [0.3, 0.4) is 0 Å². The fraction of sp³-hybridized carbons (Fsp3) is 0.222. The van der Waals surface area contributed by atoms with E-state index in [4.69, 9.17) is 5.11 Å². The average Bonchev–Trinajstić information content (AvgIpc) is 2.17. The van der Waals surface area contributed by atoms with Crippen molar-refractivity contribution in [1.29, 1.82) is 0 Å². The van der Waals surface area contributed by atoms with Crippen LogP contribution in [0.15, 0.2) is 29.3 Å². The van der Waals surface area contributed by atoms with E-state index in [9.17, 15) is 0 Å². The van der Waals surface area contributed by atoms with Gasteiger partial charge in [-0.3, -0.25) is 4.99 Å². The van der Waals surface area contributed by atoms with E-state index in [2.05, 4.69) is 10.3 Å². The number of benzene rings is 1. The van der Waals surface area contributed by atoms with Gasteiger partial charge in [0.2, 0.25) is 0 Å². The number of anilines is 1. The van der Waals surface area contributed by atoms with Crippen LogP contribution < -0.4 is 5.32 Å². The Morgan fingerprint density at radius 2 is 2.25 bits per heavy atom. The lowest BCUT2D eigenvalue weighted by Gasteiger charge is -2.18. The summed E-state index contributed by atoms with van der Waals surface area (Å²) in [6.45, 7) is 0.0647. The van der Waals surface area contributed by atoms with Crippen LogP contribution in [0.1, 0.15) is 11.6 Å². The van der Waals surface area contributed by atoms with Crippen LogP contribution in [0.5, 0.6) is 0 Å². The molecule has 1 atom stereocenters. The van der Waals surface area contributed by atoms with E-state index in [0.29, 0.717) is 0 Å². The van der Waals surface area contributed by atoms with Gasteiger partial charge in [-0.1, -0.05) is 18.2 Å². The highest BCUT2D eigenvalue weighted by Gasteiger charge is 2.14. The maximum absolute atomic E-state index is 9.00. The molecule has 0 aliphatic carbocycles. The second kappa shape index (κ2) is 2.95. The summed E-state index contributed by atoms with van der Waals surface area (Å²) in [5.74, 6) is 0. The van der Waals surface area contributed by atoms with Crippen LogP contribution in [0, 0.1) is 0 Å². The Balaban J connectivity index is 2.43. The zero-order valence-corrected chi connectivity index (χ0v) is 6.57. The molecule has 0 spiro atoms. The number of rotatable bonds is 1. The fourth-order valence-corrected chi connectivity index (χ4v) is 1.34. The maximum atomic E-state index is 9.00. The molecule has 0 saturated carbocycles. The number of aliphatic hydroxyl groups excluding tert-OH is 1. The average molecular weight is 162 g/mol. The molecule has 3 heteroatoms. The monoisotopic (exact) mass is 162 g/mol. The van der Waals surface area contributed by atoms with Crippen LogP contribution in [0.25, 0.3) is 0 Å². The molecule has 1 aliphatic heterocycles. The van der Waals surface area contributed by atoms with Crippen molar-refractivity contribution in [1.82, 2.24) is 0 Å². The molecule has 0 amide bonds. The van der Waals surface area contributed by atoms with Crippen molar-refractivity contribution in [2.24, 2.45) is 4.99 Å². The van der Waals surface area contributed by atoms with Crippen LogP contribution in [0.4, 0.5) is 5.69 Å². The Morgan fingerprint density at radius 3 is 3.08 bits per heavy atom. The summed E-state index contributed by atoms with van der Waals surface area (Å²) in [6.07, 6.45) is 1.63. The fourth-order valence-electron chi connectivity index (χ4n) is 1.34. The van der Waals surface area contributed by atoms with Gasteiger partial charge in [-0.25, -0.2) is 0 Å². The summed E-state index contributed by atoms with van der Waals surface area (Å²) in [5.41, 5.74) is 2.09. The Morgan fingerprint density at radius 1 is 1.42 bits per heavy atom. The van der Waals surface area contributed by atoms with E-state index in [1.54, 1.807) is 6.34 Å². The van der Waals surface area contributed by atoms with Crippen molar-refractivity contribution in [3.63, 3.8) is 0 Å². The smallest absolute Gasteiger partial charge is 0.102 e. The van der Waals surface area contributed by atoms with Crippen LogP contribution >= 0.6 is 0 Å². The summed E-state index contributed by atoms with van der Waals surface area (Å²) in [5, 5.41) is 12.0. The number of aliphatic imine (C=N–C) groups is 1. The molecule has 2 N–H and O–H groups in total. The minimum Gasteiger partial charge on any atom is -0.394 e. The van der Waals surface area contributed by atoms with E-state index >= 15 is 0 Å². The predicted molar refractivity (Wildman–Crippen MR) is 48.4 cm³/mol. The summed E-state index contributed by atoms with van der Waals surface area (Å²) in [4.78, 5) is 4.10. The molecule has 1 aromatic rings. The van der Waals surface area contributed by atoms with Gasteiger partial charge >= 0.3 is 0 Å². The zero-order valence-electron chi connectivity index (χ0n) is 6.57. The number of hydrogen-bond acceptors (Lipinski definition) is 3. The van der Waals surface area contributed by atoms with Crippen molar-refractivity contribution in [3.8, 4) is 0 Å². The van der Waals surface area contributed by atoms with Gasteiger partial charge in [-0.05, 0) is 6.07 Å². The second-order valence-electron chi connectivity index (χ2n) is 2.71. The van der Waals surface area contributed by atoms with Crippen LogP contribution in [0.2, 0.25) is 0 Å². The van der Waals surface area contributed by atoms with E-state index in [0.717, 1.165) is 11.3 Å². The van der Waals surface area contributed by atoms with Gasteiger partial charge < -0.3 is 10.4 Å². The summed E-state index contributed by atoms with van der Waals surface area (Å²) >= 11 is 0. The number of fused-ring (bicyclic) bond motifs is 1. The van der Waals surface area contributed by atoms with Gasteiger partial charge in [-0.15, -0.1) is 0 Å².